The van der Waals surface area contributed by atoms with Gasteiger partial charge in [-0.25, -0.2) is 0 Å². The van der Waals surface area contributed by atoms with Crippen molar-refractivity contribution < 1.29 is 14.3 Å². The number of anilines is 1. The first-order valence-corrected chi connectivity index (χ1v) is 6.40. The third-order valence-electron chi connectivity index (χ3n) is 3.33. The Morgan fingerprint density at radius 2 is 2.42 bits per heavy atom. The molecule has 0 radical (unpaired) electrons. The number of methoxy groups -OCH3 is 1. The van der Waals surface area contributed by atoms with E-state index < -0.39 is 5.60 Å². The molecule has 1 aliphatic heterocycles. The smallest absolute Gasteiger partial charge is 0.253 e. The van der Waals surface area contributed by atoms with Gasteiger partial charge in [0.1, 0.15) is 5.60 Å². The molecule has 104 valence electrons. The van der Waals surface area contributed by atoms with E-state index in [1.165, 1.54) is 0 Å². The summed E-state index contributed by atoms with van der Waals surface area (Å²) in [6, 6.07) is 4.81. The van der Waals surface area contributed by atoms with Crippen molar-refractivity contribution in [3.63, 3.8) is 0 Å². The molecule has 1 unspecified atom stereocenters. The lowest BCUT2D eigenvalue weighted by molar-refractivity contribution is -0.0148. The quantitative estimate of drug-likeness (QED) is 0.821. The van der Waals surface area contributed by atoms with Gasteiger partial charge in [0.15, 0.2) is 0 Å². The average molecular weight is 285 g/mol. The van der Waals surface area contributed by atoms with Crippen LogP contribution in [-0.4, -0.2) is 38.4 Å². The number of nitrogens with one attached hydrogen (secondary N) is 1. The number of ether oxygens (including phenoxy) is 2. The minimum absolute atomic E-state index is 0.261. The van der Waals surface area contributed by atoms with Gasteiger partial charge < -0.3 is 20.5 Å². The third-order valence-corrected chi connectivity index (χ3v) is 3.57. The first-order chi connectivity index (χ1) is 9.06. The molecular formula is C13H17ClN2O3. The Labute approximate surface area is 117 Å². The minimum atomic E-state index is -0.441. The van der Waals surface area contributed by atoms with Gasteiger partial charge in [-0.1, -0.05) is 11.6 Å². The number of hydrogen-bond acceptors (Lipinski definition) is 4. The number of benzene rings is 1. The molecule has 1 atom stereocenters. The number of carbonyl (C=O) groups is 1. The summed E-state index contributed by atoms with van der Waals surface area (Å²) in [4.78, 5) is 12.1. The second-order valence-electron chi connectivity index (χ2n) is 4.60. The molecule has 1 aromatic rings. The van der Waals surface area contributed by atoms with E-state index in [-0.39, 0.29) is 5.91 Å². The summed E-state index contributed by atoms with van der Waals surface area (Å²) >= 11 is 5.86. The van der Waals surface area contributed by atoms with E-state index in [1.807, 2.05) is 0 Å². The second-order valence-corrected chi connectivity index (χ2v) is 5.04. The fraction of sp³-hybridized carbons (Fsp3) is 0.462. The zero-order valence-corrected chi connectivity index (χ0v) is 11.5. The van der Waals surface area contributed by atoms with E-state index >= 15 is 0 Å². The third kappa shape index (κ3) is 3.18. The molecule has 0 spiro atoms. The van der Waals surface area contributed by atoms with Crippen LogP contribution in [0.5, 0.6) is 0 Å². The molecule has 1 amide bonds. The fourth-order valence-corrected chi connectivity index (χ4v) is 2.19. The number of hydrogen-bond donors (Lipinski definition) is 2. The van der Waals surface area contributed by atoms with Crippen LogP contribution in [0, 0.1) is 0 Å². The van der Waals surface area contributed by atoms with E-state index in [0.29, 0.717) is 36.0 Å². The van der Waals surface area contributed by atoms with Gasteiger partial charge in [-0.2, -0.15) is 0 Å². The first kappa shape index (κ1) is 14.1. The summed E-state index contributed by atoms with van der Waals surface area (Å²) in [7, 11) is 1.62. The summed E-state index contributed by atoms with van der Waals surface area (Å²) in [6.45, 7) is 1.51. The predicted octanol–water partition coefficient (Wildman–Crippen LogP) is 1.46. The Morgan fingerprint density at radius 1 is 1.63 bits per heavy atom. The van der Waals surface area contributed by atoms with Gasteiger partial charge in [0.25, 0.3) is 5.91 Å². The van der Waals surface area contributed by atoms with E-state index in [4.69, 9.17) is 26.8 Å². The van der Waals surface area contributed by atoms with Gasteiger partial charge in [-0.05, 0) is 18.2 Å². The van der Waals surface area contributed by atoms with E-state index in [9.17, 15) is 4.79 Å². The summed E-state index contributed by atoms with van der Waals surface area (Å²) in [5.74, 6) is -0.261. The lowest BCUT2D eigenvalue weighted by Gasteiger charge is -2.26. The maximum atomic E-state index is 12.1. The number of halogens is 1. The number of nitrogen functional groups attached to an aromatic ring is 1. The highest BCUT2D eigenvalue weighted by Gasteiger charge is 2.35. The van der Waals surface area contributed by atoms with E-state index in [0.717, 1.165) is 6.42 Å². The first-order valence-electron chi connectivity index (χ1n) is 6.02. The normalized spacial score (nSPS) is 22.4. The summed E-state index contributed by atoms with van der Waals surface area (Å²) in [5, 5.41) is 3.29. The van der Waals surface area contributed by atoms with Crippen LogP contribution in [0.4, 0.5) is 5.69 Å². The average Bonchev–Trinajstić information content (AvgIpc) is 2.88. The molecule has 0 bridgehead atoms. The lowest BCUT2D eigenvalue weighted by Crippen LogP contribution is -2.45. The van der Waals surface area contributed by atoms with Crippen molar-refractivity contribution in [3.8, 4) is 0 Å². The molecule has 0 aliphatic carbocycles. The second kappa shape index (κ2) is 5.77. The monoisotopic (exact) mass is 284 g/mol. The number of carbonyl (C=O) groups excluding carboxylic acids is 1. The van der Waals surface area contributed by atoms with Crippen LogP contribution in [0.25, 0.3) is 0 Å². The van der Waals surface area contributed by atoms with E-state index in [1.54, 1.807) is 25.3 Å². The van der Waals surface area contributed by atoms with E-state index in [2.05, 4.69) is 5.32 Å². The van der Waals surface area contributed by atoms with Crippen molar-refractivity contribution in [1.29, 1.82) is 0 Å². The Balaban J connectivity index is 2.03. The van der Waals surface area contributed by atoms with Crippen molar-refractivity contribution in [2.45, 2.75) is 12.0 Å². The maximum Gasteiger partial charge on any atom is 0.253 e. The van der Waals surface area contributed by atoms with Crippen LogP contribution in [0.15, 0.2) is 18.2 Å². The van der Waals surface area contributed by atoms with Gasteiger partial charge in [-0.3, -0.25) is 4.79 Å². The van der Waals surface area contributed by atoms with Gasteiger partial charge in [-0.15, -0.1) is 0 Å². The summed E-state index contributed by atoms with van der Waals surface area (Å²) < 4.78 is 10.8. The van der Waals surface area contributed by atoms with Gasteiger partial charge in [0.2, 0.25) is 0 Å². The summed E-state index contributed by atoms with van der Waals surface area (Å²) in [6.07, 6.45) is 0.759. The zero-order chi connectivity index (χ0) is 13.9. The number of rotatable bonds is 4. The Kier molecular flexibility index (Phi) is 4.29. The standard InChI is InChI=1S/C13H17ClN2O3/c1-18-13(4-5-19-8-13)7-16-12(17)10-6-9(14)2-3-11(10)15/h2-3,6H,4-5,7-8,15H2,1H3,(H,16,17). The predicted molar refractivity (Wildman–Crippen MR) is 73.4 cm³/mol. The topological polar surface area (TPSA) is 73.6 Å². The molecule has 6 heteroatoms. The van der Waals surface area contributed by atoms with Gasteiger partial charge in [0.05, 0.1) is 12.2 Å². The Morgan fingerprint density at radius 3 is 3.05 bits per heavy atom. The number of amides is 1. The maximum absolute atomic E-state index is 12.1. The molecule has 2 rings (SSSR count). The van der Waals surface area contributed by atoms with Crippen molar-refractivity contribution in [1.82, 2.24) is 5.32 Å². The molecule has 1 fully saturated rings. The fourth-order valence-electron chi connectivity index (χ4n) is 2.02. The molecule has 1 heterocycles. The van der Waals surface area contributed by atoms with Crippen LogP contribution in [0.1, 0.15) is 16.8 Å². The van der Waals surface area contributed by atoms with Crippen molar-refractivity contribution in [2.75, 3.05) is 32.6 Å². The molecule has 0 aromatic heterocycles. The molecule has 1 saturated heterocycles. The Hall–Kier alpha value is -1.30. The highest BCUT2D eigenvalue weighted by molar-refractivity contribution is 6.31. The highest BCUT2D eigenvalue weighted by atomic mass is 35.5. The SMILES string of the molecule is COC1(CNC(=O)c2cc(Cl)ccc2N)CCOC1. The van der Waals surface area contributed by atoms with Crippen LogP contribution >= 0.6 is 11.6 Å². The van der Waals surface area contributed by atoms with Crippen LogP contribution in [0.3, 0.4) is 0 Å². The number of nitrogens with two attached hydrogens (primary N) is 1. The lowest BCUT2D eigenvalue weighted by atomic mass is 10.0. The van der Waals surface area contributed by atoms with Crippen LogP contribution in [-0.2, 0) is 9.47 Å². The van der Waals surface area contributed by atoms with Gasteiger partial charge in [0, 0.05) is 37.4 Å². The minimum Gasteiger partial charge on any atom is -0.398 e. The molecule has 1 aromatic carbocycles. The highest BCUT2D eigenvalue weighted by Crippen LogP contribution is 2.22. The van der Waals surface area contributed by atoms with Gasteiger partial charge >= 0.3 is 0 Å². The molecule has 3 N–H and O–H groups in total. The van der Waals surface area contributed by atoms with Crippen molar-refractivity contribution in [2.24, 2.45) is 0 Å². The molecular weight excluding hydrogens is 268 g/mol. The molecule has 0 saturated carbocycles. The van der Waals surface area contributed by atoms with Crippen LogP contribution in [0.2, 0.25) is 5.02 Å². The van der Waals surface area contributed by atoms with Crippen LogP contribution < -0.4 is 11.1 Å². The van der Waals surface area contributed by atoms with Crippen molar-refractivity contribution >= 4 is 23.2 Å². The molecule has 5 nitrogen and oxygen atoms in total. The molecule has 1 aliphatic rings. The summed E-state index contributed by atoms with van der Waals surface area (Å²) in [5.41, 5.74) is 6.09. The largest absolute Gasteiger partial charge is 0.398 e. The van der Waals surface area contributed by atoms with Crippen molar-refractivity contribution in [3.05, 3.63) is 28.8 Å². The zero-order valence-electron chi connectivity index (χ0n) is 10.7. The molecule has 19 heavy (non-hydrogen) atoms. The Bertz CT molecular complexity index is 473.